The molecule has 0 bridgehead atoms. The van der Waals surface area contributed by atoms with E-state index in [0.717, 1.165) is 5.56 Å². The molecule has 6 nitrogen and oxygen atoms in total. The van der Waals surface area contributed by atoms with Crippen molar-refractivity contribution in [3.05, 3.63) is 54.1 Å². The average molecular weight is 368 g/mol. The first-order chi connectivity index (χ1) is 13.0. The predicted molar refractivity (Wildman–Crippen MR) is 103 cm³/mol. The number of phenolic OH excluding ortho intramolecular Hbond substituents is 1. The Bertz CT molecular complexity index is 813. The molecule has 2 amide bonds. The smallest absolute Gasteiger partial charge is 0.260 e. The second kappa shape index (κ2) is 8.58. The lowest BCUT2D eigenvalue weighted by atomic mass is 9.95. The molecule has 2 aromatic carbocycles. The van der Waals surface area contributed by atoms with E-state index >= 15 is 0 Å². The number of hydrogen-bond donors (Lipinski definition) is 2. The number of aryl methyl sites for hydroxylation is 1. The van der Waals surface area contributed by atoms with E-state index in [-0.39, 0.29) is 30.1 Å². The predicted octanol–water partition coefficient (Wildman–Crippen LogP) is 2.96. The largest absolute Gasteiger partial charge is 0.506 e. The minimum Gasteiger partial charge on any atom is -0.506 e. The van der Waals surface area contributed by atoms with Gasteiger partial charge in [-0.3, -0.25) is 9.59 Å². The standard InChI is InChI=1S/C21H24N2O4/c1-15-6-2-5-9-19(15)27-14-20(25)23-12-10-16(11-13-23)21(26)22-17-7-3-4-8-18(17)24/h2-9,16,24H,10-14H2,1H3,(H,22,26). The first kappa shape index (κ1) is 18.8. The Morgan fingerprint density at radius 2 is 1.78 bits per heavy atom. The van der Waals surface area contributed by atoms with Crippen molar-refractivity contribution in [1.29, 1.82) is 0 Å². The Morgan fingerprint density at radius 3 is 2.48 bits per heavy atom. The van der Waals surface area contributed by atoms with Gasteiger partial charge in [-0.2, -0.15) is 0 Å². The second-order valence-corrected chi connectivity index (χ2v) is 6.72. The molecule has 6 heteroatoms. The zero-order chi connectivity index (χ0) is 19.2. The zero-order valence-electron chi connectivity index (χ0n) is 15.4. The van der Waals surface area contributed by atoms with Crippen molar-refractivity contribution in [2.45, 2.75) is 19.8 Å². The summed E-state index contributed by atoms with van der Waals surface area (Å²) in [6.45, 7) is 2.98. The highest BCUT2D eigenvalue weighted by atomic mass is 16.5. The minimum absolute atomic E-state index is 0.000393. The minimum atomic E-state index is -0.175. The molecule has 0 saturated carbocycles. The molecule has 0 radical (unpaired) electrons. The van der Waals surface area contributed by atoms with Crippen molar-refractivity contribution in [3.8, 4) is 11.5 Å². The number of benzene rings is 2. The number of carbonyl (C=O) groups excluding carboxylic acids is 2. The first-order valence-corrected chi connectivity index (χ1v) is 9.09. The number of likely N-dealkylation sites (tertiary alicyclic amines) is 1. The summed E-state index contributed by atoms with van der Waals surface area (Å²) in [6, 6.07) is 14.2. The molecule has 3 rings (SSSR count). The number of aromatic hydroxyl groups is 1. The van der Waals surface area contributed by atoms with Gasteiger partial charge in [0.05, 0.1) is 5.69 Å². The summed E-state index contributed by atoms with van der Waals surface area (Å²) in [5.41, 5.74) is 1.40. The lowest BCUT2D eigenvalue weighted by molar-refractivity contribution is -0.136. The van der Waals surface area contributed by atoms with Gasteiger partial charge in [0.1, 0.15) is 11.5 Å². The van der Waals surface area contributed by atoms with Gasteiger partial charge in [-0.25, -0.2) is 0 Å². The highest BCUT2D eigenvalue weighted by Crippen LogP contribution is 2.25. The lowest BCUT2D eigenvalue weighted by Gasteiger charge is -2.31. The topological polar surface area (TPSA) is 78.9 Å². The van der Waals surface area contributed by atoms with Gasteiger partial charge < -0.3 is 20.1 Å². The third kappa shape index (κ3) is 4.78. The lowest BCUT2D eigenvalue weighted by Crippen LogP contribution is -2.43. The summed E-state index contributed by atoms with van der Waals surface area (Å²) in [6.07, 6.45) is 1.19. The number of nitrogens with one attached hydrogen (secondary N) is 1. The molecule has 27 heavy (non-hydrogen) atoms. The number of hydrogen-bond acceptors (Lipinski definition) is 4. The van der Waals surface area contributed by atoms with Crippen LogP contribution in [0.15, 0.2) is 48.5 Å². The van der Waals surface area contributed by atoms with E-state index < -0.39 is 0 Å². The summed E-state index contributed by atoms with van der Waals surface area (Å²) in [4.78, 5) is 26.5. The van der Waals surface area contributed by atoms with Crippen molar-refractivity contribution < 1.29 is 19.4 Å². The third-order valence-corrected chi connectivity index (χ3v) is 4.83. The van der Waals surface area contributed by atoms with Gasteiger partial charge in [-0.15, -0.1) is 0 Å². The number of ether oxygens (including phenoxy) is 1. The Hall–Kier alpha value is -3.02. The first-order valence-electron chi connectivity index (χ1n) is 9.09. The van der Waals surface area contributed by atoms with Crippen LogP contribution in [0.1, 0.15) is 18.4 Å². The van der Waals surface area contributed by atoms with Crippen LogP contribution in [0.2, 0.25) is 0 Å². The van der Waals surface area contributed by atoms with Gasteiger partial charge in [0, 0.05) is 19.0 Å². The number of nitrogens with zero attached hydrogens (tertiary/aromatic N) is 1. The molecule has 0 aromatic heterocycles. The number of piperidine rings is 1. The Morgan fingerprint density at radius 1 is 1.11 bits per heavy atom. The van der Waals surface area contributed by atoms with E-state index in [9.17, 15) is 14.7 Å². The van der Waals surface area contributed by atoms with Gasteiger partial charge in [-0.05, 0) is 43.5 Å². The van der Waals surface area contributed by atoms with Crippen LogP contribution < -0.4 is 10.1 Å². The number of rotatable bonds is 5. The maximum absolute atomic E-state index is 12.4. The van der Waals surface area contributed by atoms with Crippen molar-refractivity contribution in [3.63, 3.8) is 0 Å². The van der Waals surface area contributed by atoms with Crippen LogP contribution in [-0.4, -0.2) is 41.5 Å². The summed E-state index contributed by atoms with van der Waals surface area (Å²) in [5, 5.41) is 12.5. The fraction of sp³-hybridized carbons (Fsp3) is 0.333. The van der Waals surface area contributed by atoms with Crippen molar-refractivity contribution >= 4 is 17.5 Å². The number of amides is 2. The molecular formula is C21H24N2O4. The van der Waals surface area contributed by atoms with E-state index in [1.54, 1.807) is 23.1 Å². The summed E-state index contributed by atoms with van der Waals surface area (Å²) in [5.74, 6) is 0.387. The van der Waals surface area contributed by atoms with Gasteiger partial charge >= 0.3 is 0 Å². The van der Waals surface area contributed by atoms with Crippen molar-refractivity contribution in [1.82, 2.24) is 4.90 Å². The van der Waals surface area contributed by atoms with Crippen LogP contribution in [0.25, 0.3) is 0 Å². The Balaban J connectivity index is 1.47. The molecule has 1 saturated heterocycles. The Labute approximate surface area is 158 Å². The van der Waals surface area contributed by atoms with Crippen LogP contribution >= 0.6 is 0 Å². The molecule has 0 unspecified atom stereocenters. The molecule has 142 valence electrons. The molecule has 2 aromatic rings. The SMILES string of the molecule is Cc1ccccc1OCC(=O)N1CCC(C(=O)Nc2ccccc2O)CC1. The van der Waals surface area contributed by atoms with Gasteiger partial charge in [0.2, 0.25) is 5.91 Å². The van der Waals surface area contributed by atoms with E-state index in [1.807, 2.05) is 31.2 Å². The number of anilines is 1. The second-order valence-electron chi connectivity index (χ2n) is 6.72. The van der Waals surface area contributed by atoms with E-state index in [1.165, 1.54) is 6.07 Å². The van der Waals surface area contributed by atoms with Crippen LogP contribution in [0.5, 0.6) is 11.5 Å². The molecule has 1 aliphatic heterocycles. The molecule has 0 aliphatic carbocycles. The maximum Gasteiger partial charge on any atom is 0.260 e. The molecule has 2 N–H and O–H groups in total. The van der Waals surface area contributed by atoms with E-state index in [4.69, 9.17) is 4.74 Å². The summed E-state index contributed by atoms with van der Waals surface area (Å²) in [7, 11) is 0. The van der Waals surface area contributed by atoms with Crippen LogP contribution in [0, 0.1) is 12.8 Å². The van der Waals surface area contributed by atoms with Gasteiger partial charge in [0.25, 0.3) is 5.91 Å². The quantitative estimate of drug-likeness (QED) is 0.796. The average Bonchev–Trinajstić information content (AvgIpc) is 2.69. The highest BCUT2D eigenvalue weighted by molar-refractivity contribution is 5.94. The highest BCUT2D eigenvalue weighted by Gasteiger charge is 2.27. The Kier molecular flexibility index (Phi) is 5.96. The normalized spacial score (nSPS) is 14.6. The fourth-order valence-corrected chi connectivity index (χ4v) is 3.15. The van der Waals surface area contributed by atoms with E-state index in [2.05, 4.69) is 5.32 Å². The van der Waals surface area contributed by atoms with Gasteiger partial charge in [0.15, 0.2) is 6.61 Å². The number of carbonyl (C=O) groups is 2. The zero-order valence-corrected chi connectivity index (χ0v) is 15.4. The third-order valence-electron chi connectivity index (χ3n) is 4.83. The van der Waals surface area contributed by atoms with E-state index in [0.29, 0.717) is 37.4 Å². The van der Waals surface area contributed by atoms with Gasteiger partial charge in [-0.1, -0.05) is 30.3 Å². The number of phenols is 1. The fourth-order valence-electron chi connectivity index (χ4n) is 3.15. The van der Waals surface area contributed by atoms with Crippen molar-refractivity contribution in [2.24, 2.45) is 5.92 Å². The number of para-hydroxylation sites is 3. The maximum atomic E-state index is 12.4. The van der Waals surface area contributed by atoms with Crippen molar-refractivity contribution in [2.75, 3.05) is 25.0 Å². The van der Waals surface area contributed by atoms with Crippen LogP contribution in [-0.2, 0) is 9.59 Å². The molecule has 1 fully saturated rings. The molecule has 0 atom stereocenters. The summed E-state index contributed by atoms with van der Waals surface area (Å²) >= 11 is 0. The monoisotopic (exact) mass is 368 g/mol. The summed E-state index contributed by atoms with van der Waals surface area (Å²) < 4.78 is 5.62. The molecule has 1 heterocycles. The molecule has 1 aliphatic rings. The van der Waals surface area contributed by atoms with Crippen LogP contribution in [0.4, 0.5) is 5.69 Å². The van der Waals surface area contributed by atoms with Crippen LogP contribution in [0.3, 0.4) is 0 Å². The molecule has 0 spiro atoms. The molecular weight excluding hydrogens is 344 g/mol.